The molecule has 132 valence electrons. The van der Waals surface area contributed by atoms with E-state index in [4.69, 9.17) is 10.5 Å². The Kier molecular flexibility index (Phi) is 4.65. The Morgan fingerprint density at radius 2 is 2.08 bits per heavy atom. The van der Waals surface area contributed by atoms with Crippen molar-refractivity contribution in [3.63, 3.8) is 0 Å². The van der Waals surface area contributed by atoms with Crippen LogP contribution in [0.3, 0.4) is 0 Å². The number of benzene rings is 1. The molecule has 1 aromatic heterocycles. The molecule has 1 aliphatic rings. The zero-order valence-electron chi connectivity index (χ0n) is 14.4. The van der Waals surface area contributed by atoms with Gasteiger partial charge in [0, 0.05) is 43.6 Å². The molecule has 0 aliphatic carbocycles. The molecule has 7 nitrogen and oxygen atoms in total. The Morgan fingerprint density at radius 3 is 2.72 bits per heavy atom. The molecule has 0 radical (unpaired) electrons. The van der Waals surface area contributed by atoms with Crippen LogP contribution in [0.2, 0.25) is 0 Å². The van der Waals surface area contributed by atoms with Gasteiger partial charge in [-0.3, -0.25) is 9.59 Å². The van der Waals surface area contributed by atoms with Gasteiger partial charge in [0.05, 0.1) is 12.7 Å². The van der Waals surface area contributed by atoms with Crippen molar-refractivity contribution in [3.05, 3.63) is 47.8 Å². The van der Waals surface area contributed by atoms with Gasteiger partial charge in [0.2, 0.25) is 5.91 Å². The number of nitrogens with two attached hydrogens (primary N) is 1. The minimum absolute atomic E-state index is 0.121. The van der Waals surface area contributed by atoms with Crippen LogP contribution in [0.5, 0.6) is 5.75 Å². The van der Waals surface area contributed by atoms with Crippen LogP contribution >= 0.6 is 0 Å². The summed E-state index contributed by atoms with van der Waals surface area (Å²) in [5.74, 6) is 0.143. The van der Waals surface area contributed by atoms with Crippen LogP contribution in [0.25, 0.3) is 0 Å². The number of primary amides is 1. The van der Waals surface area contributed by atoms with E-state index < -0.39 is 5.91 Å². The molecule has 3 rings (SSSR count). The second kappa shape index (κ2) is 6.88. The fourth-order valence-corrected chi connectivity index (χ4v) is 3.15. The predicted molar refractivity (Wildman–Crippen MR) is 95.0 cm³/mol. The maximum atomic E-state index is 12.6. The van der Waals surface area contributed by atoms with E-state index in [0.717, 1.165) is 18.0 Å². The van der Waals surface area contributed by atoms with E-state index in [0.29, 0.717) is 24.3 Å². The maximum absolute atomic E-state index is 12.6. The topological polar surface area (TPSA) is 91.7 Å². The largest absolute Gasteiger partial charge is 0.497 e. The number of aromatic amines is 1. The van der Waals surface area contributed by atoms with E-state index in [2.05, 4.69) is 16.8 Å². The molecule has 0 saturated carbocycles. The number of carbonyl (C=O) groups excluding carboxylic acids is 2. The molecule has 7 heteroatoms. The minimum atomic E-state index is -0.550. The molecule has 0 bridgehead atoms. The van der Waals surface area contributed by atoms with Gasteiger partial charge in [-0.25, -0.2) is 0 Å². The molecule has 1 unspecified atom stereocenters. The van der Waals surface area contributed by atoms with E-state index in [1.165, 1.54) is 12.3 Å². The Hall–Kier alpha value is -2.96. The second-order valence-electron chi connectivity index (χ2n) is 6.16. The minimum Gasteiger partial charge on any atom is -0.497 e. The summed E-state index contributed by atoms with van der Waals surface area (Å²) in [6.07, 6.45) is 1.46. The number of ether oxygens (including phenoxy) is 1. The predicted octanol–water partition coefficient (Wildman–Crippen LogP) is 1.47. The van der Waals surface area contributed by atoms with Gasteiger partial charge in [-0.1, -0.05) is 6.07 Å². The highest BCUT2D eigenvalue weighted by atomic mass is 16.5. The van der Waals surface area contributed by atoms with E-state index in [1.807, 2.05) is 24.3 Å². The average molecular weight is 342 g/mol. The summed E-state index contributed by atoms with van der Waals surface area (Å²) in [6.45, 7) is 4.01. The van der Waals surface area contributed by atoms with Gasteiger partial charge in [0.25, 0.3) is 5.91 Å². The monoisotopic (exact) mass is 342 g/mol. The van der Waals surface area contributed by atoms with Crippen molar-refractivity contribution in [1.29, 1.82) is 0 Å². The number of methoxy groups -OCH3 is 1. The number of piperazine rings is 1. The number of H-pyrrole nitrogens is 1. The van der Waals surface area contributed by atoms with Crippen molar-refractivity contribution >= 4 is 17.5 Å². The van der Waals surface area contributed by atoms with Crippen LogP contribution in [-0.2, 0) is 0 Å². The van der Waals surface area contributed by atoms with E-state index in [-0.39, 0.29) is 11.9 Å². The first-order valence-electron chi connectivity index (χ1n) is 8.18. The third kappa shape index (κ3) is 3.45. The fraction of sp³-hybridized carbons (Fsp3) is 0.333. The summed E-state index contributed by atoms with van der Waals surface area (Å²) >= 11 is 0. The Balaban J connectivity index is 1.70. The summed E-state index contributed by atoms with van der Waals surface area (Å²) in [5.41, 5.74) is 7.01. The smallest absolute Gasteiger partial charge is 0.270 e. The number of hydrogen-bond donors (Lipinski definition) is 2. The second-order valence-corrected chi connectivity index (χ2v) is 6.16. The van der Waals surface area contributed by atoms with Crippen LogP contribution in [0.15, 0.2) is 36.5 Å². The summed E-state index contributed by atoms with van der Waals surface area (Å²) in [6, 6.07) is 9.58. The van der Waals surface area contributed by atoms with Gasteiger partial charge < -0.3 is 25.3 Å². The number of nitrogens with zero attached hydrogens (tertiary/aromatic N) is 2. The zero-order valence-corrected chi connectivity index (χ0v) is 14.4. The molecule has 1 aromatic carbocycles. The summed E-state index contributed by atoms with van der Waals surface area (Å²) in [7, 11) is 1.65. The van der Waals surface area contributed by atoms with E-state index in [1.54, 1.807) is 12.0 Å². The normalized spacial score (nSPS) is 17.4. The zero-order chi connectivity index (χ0) is 18.0. The summed E-state index contributed by atoms with van der Waals surface area (Å²) in [5, 5.41) is 0. The van der Waals surface area contributed by atoms with Crippen molar-refractivity contribution in [3.8, 4) is 5.75 Å². The van der Waals surface area contributed by atoms with Crippen LogP contribution < -0.4 is 15.4 Å². The van der Waals surface area contributed by atoms with Crippen LogP contribution in [0.4, 0.5) is 5.69 Å². The highest BCUT2D eigenvalue weighted by Crippen LogP contribution is 2.25. The Labute approximate surface area is 146 Å². The summed E-state index contributed by atoms with van der Waals surface area (Å²) in [4.78, 5) is 30.7. The molecule has 25 heavy (non-hydrogen) atoms. The number of carbonyl (C=O) groups is 2. The lowest BCUT2D eigenvalue weighted by molar-refractivity contribution is 0.0721. The molecular formula is C18H22N4O3. The lowest BCUT2D eigenvalue weighted by Crippen LogP contribution is -2.53. The molecule has 1 saturated heterocycles. The number of anilines is 1. The number of amides is 2. The molecule has 1 fully saturated rings. The molecular weight excluding hydrogens is 320 g/mol. The molecule has 0 spiro atoms. The van der Waals surface area contributed by atoms with Crippen LogP contribution in [0, 0.1) is 0 Å². The SMILES string of the molecule is COc1cccc(N2CCN(C(=O)c3cc(C(N)=O)c[nH]3)CC2C)c1. The first-order valence-corrected chi connectivity index (χ1v) is 8.18. The molecule has 1 aliphatic heterocycles. The maximum Gasteiger partial charge on any atom is 0.270 e. The van der Waals surface area contributed by atoms with Crippen molar-refractivity contribution in [2.24, 2.45) is 5.73 Å². The number of hydrogen-bond acceptors (Lipinski definition) is 4. The van der Waals surface area contributed by atoms with Gasteiger partial charge in [-0.05, 0) is 25.1 Å². The summed E-state index contributed by atoms with van der Waals surface area (Å²) < 4.78 is 5.29. The van der Waals surface area contributed by atoms with E-state index >= 15 is 0 Å². The first kappa shape index (κ1) is 16.9. The third-order valence-corrected chi connectivity index (χ3v) is 4.50. The lowest BCUT2D eigenvalue weighted by Gasteiger charge is -2.41. The first-order chi connectivity index (χ1) is 12.0. The molecule has 2 heterocycles. The molecule has 2 aromatic rings. The molecule has 3 N–H and O–H groups in total. The van der Waals surface area contributed by atoms with Crippen molar-refractivity contribution < 1.29 is 14.3 Å². The number of nitrogens with one attached hydrogen (secondary N) is 1. The van der Waals surface area contributed by atoms with E-state index in [9.17, 15) is 9.59 Å². The number of rotatable bonds is 4. The van der Waals surface area contributed by atoms with Crippen molar-refractivity contribution in [2.75, 3.05) is 31.6 Å². The van der Waals surface area contributed by atoms with Crippen molar-refractivity contribution in [1.82, 2.24) is 9.88 Å². The standard InChI is InChI=1S/C18H22N4O3/c1-12-11-21(18(24)16-8-13(10-20-16)17(19)23)6-7-22(12)14-4-3-5-15(9-14)25-2/h3-5,8-10,12,20H,6-7,11H2,1-2H3,(H2,19,23). The van der Waals surface area contributed by atoms with Gasteiger partial charge in [-0.2, -0.15) is 0 Å². The Morgan fingerprint density at radius 1 is 1.28 bits per heavy atom. The van der Waals surface area contributed by atoms with Gasteiger partial charge in [-0.15, -0.1) is 0 Å². The lowest BCUT2D eigenvalue weighted by atomic mass is 10.1. The fourth-order valence-electron chi connectivity index (χ4n) is 3.15. The highest BCUT2D eigenvalue weighted by Gasteiger charge is 2.28. The average Bonchev–Trinajstić information content (AvgIpc) is 3.11. The van der Waals surface area contributed by atoms with Crippen molar-refractivity contribution in [2.45, 2.75) is 13.0 Å². The van der Waals surface area contributed by atoms with Crippen LogP contribution in [0.1, 0.15) is 27.8 Å². The molecule has 2 amide bonds. The third-order valence-electron chi connectivity index (χ3n) is 4.50. The Bertz CT molecular complexity index is 786. The van der Waals surface area contributed by atoms with Crippen LogP contribution in [-0.4, -0.2) is 54.5 Å². The quantitative estimate of drug-likeness (QED) is 0.880. The highest BCUT2D eigenvalue weighted by molar-refractivity contribution is 5.98. The van der Waals surface area contributed by atoms with Gasteiger partial charge in [0.15, 0.2) is 0 Å². The molecule has 1 atom stereocenters. The van der Waals surface area contributed by atoms with Gasteiger partial charge >= 0.3 is 0 Å². The van der Waals surface area contributed by atoms with Gasteiger partial charge in [0.1, 0.15) is 11.4 Å². The number of aromatic nitrogens is 1.